The number of nitrogens with zero attached hydrogens (tertiary/aromatic N) is 2. The summed E-state index contributed by atoms with van der Waals surface area (Å²) in [6.45, 7) is -3.15. The highest BCUT2D eigenvalue weighted by Crippen LogP contribution is 2.35. The summed E-state index contributed by atoms with van der Waals surface area (Å²) in [7, 11) is 1.46. The van der Waals surface area contributed by atoms with E-state index in [1.54, 1.807) is 0 Å². The summed E-state index contributed by atoms with van der Waals surface area (Å²) in [4.78, 5) is 11.4. The minimum atomic E-state index is -3.15. The molecule has 0 aliphatic carbocycles. The Morgan fingerprint density at radius 2 is 2.20 bits per heavy atom. The Bertz CT molecular complexity index is 686. The van der Waals surface area contributed by atoms with Crippen LogP contribution < -0.4 is 16.2 Å². The van der Waals surface area contributed by atoms with Crippen molar-refractivity contribution in [1.29, 1.82) is 0 Å². The van der Waals surface area contributed by atoms with E-state index in [-0.39, 0.29) is 15.7 Å². The van der Waals surface area contributed by atoms with Crippen molar-refractivity contribution in [3.05, 3.63) is 28.4 Å². The van der Waals surface area contributed by atoms with Crippen LogP contribution in [-0.2, 0) is 7.05 Å². The van der Waals surface area contributed by atoms with Gasteiger partial charge in [0.2, 0.25) is 0 Å². The Kier molecular flexibility index (Phi) is 3.93. The summed E-state index contributed by atoms with van der Waals surface area (Å²) in [6, 6.07) is 1.89. The second kappa shape index (κ2) is 5.49. The Morgan fingerprint density at radius 3 is 2.75 bits per heavy atom. The van der Waals surface area contributed by atoms with E-state index in [1.807, 2.05) is 0 Å². The monoisotopic (exact) mass is 306 g/mol. The lowest BCUT2D eigenvalue weighted by Gasteiger charge is -2.10. The maximum atomic E-state index is 13.4. The van der Waals surface area contributed by atoms with E-state index in [0.29, 0.717) is 0 Å². The lowest BCUT2D eigenvalue weighted by molar-refractivity contribution is -0.0523. The van der Waals surface area contributed by atoms with Crippen molar-refractivity contribution in [3.63, 3.8) is 0 Å². The molecule has 0 amide bonds. The standard InChI is InChI=1S/C10H9F3N4O2S/c1-17-9(18)15-16-10(17)20-7-3-6(19-8(12)13)4(11)2-5(7)14/h2-3,8H,14H2,1H3,(H,15,18). The van der Waals surface area contributed by atoms with Crippen LogP contribution in [-0.4, -0.2) is 21.4 Å². The molecule has 0 bridgehead atoms. The van der Waals surface area contributed by atoms with E-state index >= 15 is 0 Å². The number of anilines is 1. The zero-order chi connectivity index (χ0) is 14.9. The molecule has 6 nitrogen and oxygen atoms in total. The Labute approximate surface area is 114 Å². The molecule has 10 heteroatoms. The number of alkyl halides is 2. The van der Waals surface area contributed by atoms with Crippen LogP contribution in [0.4, 0.5) is 18.9 Å². The third kappa shape index (κ3) is 2.90. The van der Waals surface area contributed by atoms with Gasteiger partial charge in [-0.1, -0.05) is 0 Å². The van der Waals surface area contributed by atoms with Crippen LogP contribution in [0.15, 0.2) is 27.0 Å². The van der Waals surface area contributed by atoms with E-state index in [4.69, 9.17) is 5.73 Å². The minimum Gasteiger partial charge on any atom is -0.432 e. The fourth-order valence-corrected chi connectivity index (χ4v) is 2.20. The molecule has 0 saturated heterocycles. The number of hydrogen-bond donors (Lipinski definition) is 2. The molecule has 0 saturated carbocycles. The van der Waals surface area contributed by atoms with E-state index in [1.165, 1.54) is 11.6 Å². The van der Waals surface area contributed by atoms with Gasteiger partial charge in [0.1, 0.15) is 0 Å². The number of rotatable bonds is 4. The molecule has 0 aliphatic heterocycles. The zero-order valence-electron chi connectivity index (χ0n) is 10.1. The fourth-order valence-electron chi connectivity index (χ4n) is 1.35. The maximum Gasteiger partial charge on any atom is 0.387 e. The molecule has 108 valence electrons. The molecule has 1 aromatic carbocycles. The molecule has 0 spiro atoms. The lowest BCUT2D eigenvalue weighted by Crippen LogP contribution is -2.12. The van der Waals surface area contributed by atoms with Gasteiger partial charge in [-0.2, -0.15) is 8.78 Å². The van der Waals surface area contributed by atoms with Gasteiger partial charge in [-0.05, 0) is 17.8 Å². The molecule has 2 aromatic rings. The minimum absolute atomic E-state index is 0.0181. The quantitative estimate of drug-likeness (QED) is 0.838. The van der Waals surface area contributed by atoms with Crippen LogP contribution in [0, 0.1) is 5.82 Å². The van der Waals surface area contributed by atoms with Crippen molar-refractivity contribution >= 4 is 17.4 Å². The van der Waals surface area contributed by atoms with Crippen LogP contribution in [0.2, 0.25) is 0 Å². The third-order valence-corrected chi connectivity index (χ3v) is 3.44. The summed E-state index contributed by atoms with van der Waals surface area (Å²) in [5.74, 6) is -1.62. The number of nitrogens with two attached hydrogens (primary N) is 1. The number of aromatic amines is 1. The Hall–Kier alpha value is -2.10. The topological polar surface area (TPSA) is 85.9 Å². The van der Waals surface area contributed by atoms with Gasteiger partial charge in [0.05, 0.1) is 0 Å². The number of aromatic nitrogens is 3. The number of nitrogen functional groups attached to an aromatic ring is 1. The summed E-state index contributed by atoms with van der Waals surface area (Å²) in [5, 5.41) is 6.17. The van der Waals surface area contributed by atoms with Crippen molar-refractivity contribution in [2.45, 2.75) is 16.7 Å². The predicted molar refractivity (Wildman–Crippen MR) is 65.4 cm³/mol. The van der Waals surface area contributed by atoms with Gasteiger partial charge in [0.15, 0.2) is 16.7 Å². The molecule has 3 N–H and O–H groups in total. The van der Waals surface area contributed by atoms with Gasteiger partial charge >= 0.3 is 12.3 Å². The van der Waals surface area contributed by atoms with E-state index in [2.05, 4.69) is 14.9 Å². The molecule has 1 heterocycles. The van der Waals surface area contributed by atoms with Crippen LogP contribution >= 0.6 is 11.8 Å². The molecule has 0 radical (unpaired) electrons. The molecule has 1 aromatic heterocycles. The summed E-state index contributed by atoms with van der Waals surface area (Å²) >= 11 is 0.916. The first-order valence-corrected chi connectivity index (χ1v) is 6.03. The number of H-pyrrole nitrogens is 1. The first kappa shape index (κ1) is 14.3. The van der Waals surface area contributed by atoms with E-state index < -0.39 is 23.9 Å². The van der Waals surface area contributed by atoms with Crippen molar-refractivity contribution in [3.8, 4) is 5.75 Å². The highest BCUT2D eigenvalue weighted by atomic mass is 32.2. The van der Waals surface area contributed by atoms with Gasteiger partial charge in [0.25, 0.3) is 0 Å². The molecule has 0 atom stereocenters. The van der Waals surface area contributed by atoms with Gasteiger partial charge in [0, 0.05) is 23.7 Å². The highest BCUT2D eigenvalue weighted by Gasteiger charge is 2.16. The predicted octanol–water partition coefficient (Wildman–Crippen LogP) is 1.58. The van der Waals surface area contributed by atoms with Crippen LogP contribution in [0.5, 0.6) is 5.75 Å². The maximum absolute atomic E-state index is 13.4. The number of halogens is 3. The van der Waals surface area contributed by atoms with Crippen LogP contribution in [0.1, 0.15) is 0 Å². The largest absolute Gasteiger partial charge is 0.432 e. The number of nitrogens with one attached hydrogen (secondary N) is 1. The van der Waals surface area contributed by atoms with E-state index in [0.717, 1.165) is 23.9 Å². The second-order valence-electron chi connectivity index (χ2n) is 3.67. The Morgan fingerprint density at radius 1 is 1.50 bits per heavy atom. The Balaban J connectivity index is 2.36. The smallest absolute Gasteiger partial charge is 0.387 e. The SMILES string of the molecule is Cn1c(Sc2cc(OC(F)F)c(F)cc2N)n[nH]c1=O. The van der Waals surface area contributed by atoms with Crippen molar-refractivity contribution in [2.75, 3.05) is 5.73 Å². The van der Waals surface area contributed by atoms with Gasteiger partial charge in [-0.25, -0.2) is 14.3 Å². The number of hydrogen-bond acceptors (Lipinski definition) is 5. The highest BCUT2D eigenvalue weighted by molar-refractivity contribution is 7.99. The average Bonchev–Trinajstić information content (AvgIpc) is 2.66. The molecular weight excluding hydrogens is 297 g/mol. The average molecular weight is 306 g/mol. The zero-order valence-corrected chi connectivity index (χ0v) is 10.9. The van der Waals surface area contributed by atoms with Crippen molar-refractivity contribution in [2.24, 2.45) is 7.05 Å². The molecule has 0 unspecified atom stereocenters. The van der Waals surface area contributed by atoms with Crippen LogP contribution in [0.25, 0.3) is 0 Å². The lowest BCUT2D eigenvalue weighted by atomic mass is 10.3. The summed E-state index contributed by atoms with van der Waals surface area (Å²) in [6.07, 6.45) is 0. The third-order valence-electron chi connectivity index (χ3n) is 2.32. The first-order chi connectivity index (χ1) is 9.38. The molecule has 2 rings (SSSR count). The number of ether oxygens (including phenoxy) is 1. The number of benzene rings is 1. The molecule has 20 heavy (non-hydrogen) atoms. The van der Waals surface area contributed by atoms with E-state index in [9.17, 15) is 18.0 Å². The second-order valence-corrected chi connectivity index (χ2v) is 4.68. The van der Waals surface area contributed by atoms with Crippen molar-refractivity contribution < 1.29 is 17.9 Å². The first-order valence-electron chi connectivity index (χ1n) is 5.21. The van der Waals surface area contributed by atoms with Gasteiger partial charge in [-0.15, -0.1) is 5.10 Å². The van der Waals surface area contributed by atoms with Gasteiger partial charge in [-0.3, -0.25) is 4.57 Å². The van der Waals surface area contributed by atoms with Crippen molar-refractivity contribution in [1.82, 2.24) is 14.8 Å². The summed E-state index contributed by atoms with van der Waals surface area (Å²) in [5.41, 5.74) is 5.17. The van der Waals surface area contributed by atoms with Crippen LogP contribution in [0.3, 0.4) is 0 Å². The molecular formula is C10H9F3N4O2S. The van der Waals surface area contributed by atoms with Gasteiger partial charge < -0.3 is 10.5 Å². The molecule has 0 aliphatic rings. The molecule has 0 fully saturated rings. The normalized spacial score (nSPS) is 11.1. The summed E-state index contributed by atoms with van der Waals surface area (Å²) < 4.78 is 42.9. The fraction of sp³-hybridized carbons (Fsp3) is 0.200.